The number of thioether (sulfide) groups is 2. The Bertz CT molecular complexity index is 435. The third kappa shape index (κ3) is 4.08. The van der Waals surface area contributed by atoms with Gasteiger partial charge in [-0.25, -0.2) is 0 Å². The van der Waals surface area contributed by atoms with Crippen molar-refractivity contribution in [3.8, 4) is 0 Å². The van der Waals surface area contributed by atoms with Gasteiger partial charge in [0.05, 0.1) is 9.85 Å². The summed E-state index contributed by atoms with van der Waals surface area (Å²) in [6.07, 6.45) is 1.73. The Morgan fingerprint density at radius 1 is 0.947 bits per heavy atom. The normalized spacial score (nSPS) is 10.6. The van der Waals surface area contributed by atoms with E-state index in [1.807, 2.05) is 13.8 Å². The minimum absolute atomic E-state index is 0.341. The van der Waals surface area contributed by atoms with Crippen LogP contribution in [-0.4, -0.2) is 21.4 Å². The van der Waals surface area contributed by atoms with Gasteiger partial charge in [0.15, 0.2) is 0 Å². The summed E-state index contributed by atoms with van der Waals surface area (Å²) in [4.78, 5) is 20.9. The van der Waals surface area contributed by atoms with E-state index < -0.39 is 9.85 Å². The molecule has 0 bridgehead atoms. The van der Waals surface area contributed by atoms with Gasteiger partial charge in [0.25, 0.3) is 0 Å². The zero-order valence-electron chi connectivity index (χ0n) is 10.6. The summed E-state index contributed by atoms with van der Waals surface area (Å²) in [5.41, 5.74) is -0.681. The van der Waals surface area contributed by atoms with Gasteiger partial charge >= 0.3 is 11.4 Å². The number of nitro groups is 2. The third-order valence-electron chi connectivity index (χ3n) is 2.04. The fourth-order valence-electron chi connectivity index (χ4n) is 1.28. The SMILES string of the molecule is CCCSc1sc(SCCC)c([N+](=O)[O-])c1[N+](=O)[O-]. The van der Waals surface area contributed by atoms with Crippen LogP contribution in [0.25, 0.3) is 0 Å². The van der Waals surface area contributed by atoms with Crippen LogP contribution in [0.1, 0.15) is 26.7 Å². The van der Waals surface area contributed by atoms with Crippen LogP contribution < -0.4 is 0 Å². The smallest absolute Gasteiger partial charge is 0.258 e. The molecule has 0 amide bonds. The standard InChI is InChI=1S/C10H14N2O4S3/c1-3-5-17-9-7(11(13)14)8(12(15)16)10(19-9)18-6-4-2/h3-6H2,1-2H3. The second kappa shape index (κ2) is 7.71. The molecule has 0 saturated carbocycles. The molecule has 0 fully saturated rings. The largest absolute Gasteiger partial charge is 0.371 e. The number of rotatable bonds is 8. The van der Waals surface area contributed by atoms with Gasteiger partial charge in [-0.3, -0.25) is 20.2 Å². The molecule has 0 saturated heterocycles. The topological polar surface area (TPSA) is 86.3 Å². The van der Waals surface area contributed by atoms with E-state index in [1.165, 1.54) is 34.9 Å². The minimum atomic E-state index is -0.636. The fourth-order valence-corrected chi connectivity index (χ4v) is 5.01. The van der Waals surface area contributed by atoms with Gasteiger partial charge in [0.1, 0.15) is 8.42 Å². The first-order valence-corrected chi connectivity index (χ1v) is 8.52. The molecule has 1 heterocycles. The van der Waals surface area contributed by atoms with Crippen molar-refractivity contribution < 1.29 is 9.85 Å². The number of hydrogen-bond donors (Lipinski definition) is 0. The van der Waals surface area contributed by atoms with Crippen LogP contribution in [0.3, 0.4) is 0 Å². The number of hydrogen-bond acceptors (Lipinski definition) is 7. The van der Waals surface area contributed by atoms with Gasteiger partial charge in [-0.2, -0.15) is 0 Å². The van der Waals surface area contributed by atoms with Crippen molar-refractivity contribution in [2.24, 2.45) is 0 Å². The summed E-state index contributed by atoms with van der Waals surface area (Å²) in [6, 6.07) is 0. The van der Waals surface area contributed by atoms with Crippen LogP contribution in [0.2, 0.25) is 0 Å². The summed E-state index contributed by atoms with van der Waals surface area (Å²) < 4.78 is 0.884. The lowest BCUT2D eigenvalue weighted by Crippen LogP contribution is -1.95. The Hall–Kier alpha value is -0.800. The van der Waals surface area contributed by atoms with Crippen LogP contribution >= 0.6 is 34.9 Å². The molecule has 6 nitrogen and oxygen atoms in total. The van der Waals surface area contributed by atoms with E-state index in [4.69, 9.17) is 0 Å². The van der Waals surface area contributed by atoms with Crippen molar-refractivity contribution in [2.75, 3.05) is 11.5 Å². The van der Waals surface area contributed by atoms with Crippen LogP contribution in [0.5, 0.6) is 0 Å². The van der Waals surface area contributed by atoms with E-state index in [0.29, 0.717) is 8.42 Å². The number of nitrogens with zero attached hydrogens (tertiary/aromatic N) is 2. The van der Waals surface area contributed by atoms with Gasteiger partial charge in [-0.05, 0) is 24.3 Å². The highest BCUT2D eigenvalue weighted by Gasteiger charge is 2.36. The maximum Gasteiger partial charge on any atom is 0.371 e. The van der Waals surface area contributed by atoms with Crippen LogP contribution in [0.4, 0.5) is 11.4 Å². The molecule has 106 valence electrons. The average Bonchev–Trinajstić information content (AvgIpc) is 2.72. The van der Waals surface area contributed by atoms with Crippen molar-refractivity contribution in [3.05, 3.63) is 20.2 Å². The number of thiophene rings is 1. The highest BCUT2D eigenvalue weighted by atomic mass is 32.2. The first kappa shape index (κ1) is 16.3. The Balaban J connectivity index is 3.23. The minimum Gasteiger partial charge on any atom is -0.258 e. The molecule has 1 rings (SSSR count). The lowest BCUT2D eigenvalue weighted by Gasteiger charge is -1.94. The molecule has 0 aromatic carbocycles. The van der Waals surface area contributed by atoms with Gasteiger partial charge < -0.3 is 0 Å². The lowest BCUT2D eigenvalue weighted by molar-refractivity contribution is -0.425. The van der Waals surface area contributed by atoms with E-state index in [0.717, 1.165) is 24.3 Å². The molecule has 0 atom stereocenters. The lowest BCUT2D eigenvalue weighted by atomic mass is 10.5. The second-order valence-electron chi connectivity index (χ2n) is 3.59. The summed E-state index contributed by atoms with van der Waals surface area (Å²) >= 11 is 3.81. The highest BCUT2D eigenvalue weighted by Crippen LogP contribution is 2.50. The van der Waals surface area contributed by atoms with E-state index in [9.17, 15) is 20.2 Å². The summed E-state index contributed by atoms with van der Waals surface area (Å²) in [5.74, 6) is 1.44. The van der Waals surface area contributed by atoms with Crippen molar-refractivity contribution in [1.82, 2.24) is 0 Å². The monoisotopic (exact) mass is 322 g/mol. The molecule has 1 aromatic heterocycles. The van der Waals surface area contributed by atoms with E-state index >= 15 is 0 Å². The Labute approximate surface area is 123 Å². The molecular formula is C10H14N2O4S3. The molecule has 0 aliphatic carbocycles. The highest BCUT2D eigenvalue weighted by molar-refractivity contribution is 8.03. The average molecular weight is 322 g/mol. The van der Waals surface area contributed by atoms with Crippen LogP contribution in [0, 0.1) is 20.2 Å². The van der Waals surface area contributed by atoms with Gasteiger partial charge in [-0.1, -0.05) is 13.8 Å². The first-order valence-electron chi connectivity index (χ1n) is 5.74. The van der Waals surface area contributed by atoms with Crippen LogP contribution in [-0.2, 0) is 0 Å². The zero-order valence-corrected chi connectivity index (χ0v) is 13.0. The Kier molecular flexibility index (Phi) is 6.59. The van der Waals surface area contributed by atoms with Gasteiger partial charge in [-0.15, -0.1) is 34.9 Å². The third-order valence-corrected chi connectivity index (χ3v) is 6.14. The van der Waals surface area contributed by atoms with Crippen molar-refractivity contribution in [2.45, 2.75) is 35.1 Å². The molecule has 0 aliphatic heterocycles. The van der Waals surface area contributed by atoms with Crippen LogP contribution in [0.15, 0.2) is 8.42 Å². The second-order valence-corrected chi connectivity index (χ2v) is 7.33. The molecule has 0 radical (unpaired) electrons. The molecule has 0 aliphatic rings. The van der Waals surface area contributed by atoms with E-state index in [2.05, 4.69) is 0 Å². The predicted octanol–water partition coefficient (Wildman–Crippen LogP) is 4.57. The zero-order chi connectivity index (χ0) is 14.4. The molecule has 9 heteroatoms. The Morgan fingerprint density at radius 2 is 1.32 bits per heavy atom. The maximum absolute atomic E-state index is 11.1. The van der Waals surface area contributed by atoms with E-state index in [1.54, 1.807) is 0 Å². The maximum atomic E-state index is 11.1. The van der Waals surface area contributed by atoms with E-state index in [-0.39, 0.29) is 11.4 Å². The predicted molar refractivity (Wildman–Crippen MR) is 79.7 cm³/mol. The molecule has 0 spiro atoms. The molecule has 1 aromatic rings. The van der Waals surface area contributed by atoms with Gasteiger partial charge in [0, 0.05) is 0 Å². The summed E-state index contributed by atoms with van der Waals surface area (Å²) in [6.45, 7) is 3.93. The van der Waals surface area contributed by atoms with Crippen molar-refractivity contribution in [1.29, 1.82) is 0 Å². The molecule has 0 unspecified atom stereocenters. The quantitative estimate of drug-likeness (QED) is 0.396. The van der Waals surface area contributed by atoms with Gasteiger partial charge in [0.2, 0.25) is 0 Å². The first-order chi connectivity index (χ1) is 9.02. The molecule has 0 N–H and O–H groups in total. The summed E-state index contributed by atoms with van der Waals surface area (Å²) in [7, 11) is 0. The molecule has 19 heavy (non-hydrogen) atoms. The summed E-state index contributed by atoms with van der Waals surface area (Å²) in [5, 5.41) is 22.2. The van der Waals surface area contributed by atoms with Crippen molar-refractivity contribution >= 4 is 46.2 Å². The van der Waals surface area contributed by atoms with Crippen molar-refractivity contribution in [3.63, 3.8) is 0 Å². The fraction of sp³-hybridized carbons (Fsp3) is 0.600. The molecular weight excluding hydrogens is 308 g/mol. The Morgan fingerprint density at radius 3 is 1.58 bits per heavy atom.